The zero-order valence-electron chi connectivity index (χ0n) is 18.8. The molecule has 2 aliphatic heterocycles. The zero-order chi connectivity index (χ0) is 21.7. The predicted octanol–water partition coefficient (Wildman–Crippen LogP) is 4.27. The Morgan fingerprint density at radius 3 is 2.63 bits per heavy atom. The molecule has 3 rings (SSSR count). The van der Waals surface area contributed by atoms with E-state index in [-0.39, 0.29) is 36.2 Å². The molecule has 2 heterocycles. The molecule has 0 aliphatic carbocycles. The highest BCUT2D eigenvalue weighted by Crippen LogP contribution is 2.45. The van der Waals surface area contributed by atoms with Gasteiger partial charge in [0.05, 0.1) is 12.2 Å². The molecule has 2 N–H and O–H groups in total. The standard InChI is InChI=1S/C24H39NO4Si/c1-18-21(29-22(14-16-26)24(18)30(2,3)28)13-12-19-9-8-10-20(17-19)25-15-7-5-4-6-11-23(25)27/h8-10,17-18,21-22,24,26,28H,4-7,11-16H2,1-3H3/t18-,21+,22-,24+/m1/s1. The number of rotatable bonds is 7. The lowest BCUT2D eigenvalue weighted by atomic mass is 9.95. The minimum atomic E-state index is -2.37. The minimum absolute atomic E-state index is 0.0494. The van der Waals surface area contributed by atoms with E-state index in [9.17, 15) is 14.7 Å². The quantitative estimate of drug-likeness (QED) is 0.630. The van der Waals surface area contributed by atoms with Crippen molar-refractivity contribution in [3.8, 4) is 0 Å². The van der Waals surface area contributed by atoms with Crippen LogP contribution in [0.5, 0.6) is 0 Å². The summed E-state index contributed by atoms with van der Waals surface area (Å²) in [6.07, 6.45) is 7.47. The fourth-order valence-electron chi connectivity index (χ4n) is 5.43. The van der Waals surface area contributed by atoms with E-state index in [1.807, 2.05) is 24.1 Å². The first-order chi connectivity index (χ1) is 14.3. The fraction of sp³-hybridized carbons (Fsp3) is 0.708. The van der Waals surface area contributed by atoms with E-state index in [1.54, 1.807) is 0 Å². The Bertz CT molecular complexity index is 705. The minimum Gasteiger partial charge on any atom is -0.432 e. The topological polar surface area (TPSA) is 70.0 Å². The molecule has 0 radical (unpaired) electrons. The molecule has 0 aromatic heterocycles. The van der Waals surface area contributed by atoms with Crippen molar-refractivity contribution in [1.29, 1.82) is 0 Å². The number of ether oxygens (including phenoxy) is 1. The van der Waals surface area contributed by atoms with Crippen LogP contribution in [-0.4, -0.2) is 49.5 Å². The van der Waals surface area contributed by atoms with E-state index in [4.69, 9.17) is 4.74 Å². The molecule has 2 saturated heterocycles. The molecule has 1 aromatic carbocycles. The molecule has 0 unspecified atom stereocenters. The van der Waals surface area contributed by atoms with Crippen LogP contribution in [0.15, 0.2) is 24.3 Å². The van der Waals surface area contributed by atoms with Gasteiger partial charge in [0.2, 0.25) is 5.91 Å². The number of carbonyl (C=O) groups excluding carboxylic acids is 1. The molecule has 2 aliphatic rings. The van der Waals surface area contributed by atoms with Crippen LogP contribution < -0.4 is 4.90 Å². The van der Waals surface area contributed by atoms with Crippen LogP contribution in [0.2, 0.25) is 18.6 Å². The molecule has 0 bridgehead atoms. The van der Waals surface area contributed by atoms with E-state index in [0.29, 0.717) is 12.8 Å². The second-order valence-electron chi connectivity index (χ2n) is 9.68. The summed E-state index contributed by atoms with van der Waals surface area (Å²) >= 11 is 0. The van der Waals surface area contributed by atoms with Crippen LogP contribution in [0.3, 0.4) is 0 Å². The number of aryl methyl sites for hydroxylation is 1. The van der Waals surface area contributed by atoms with Crippen LogP contribution in [0.1, 0.15) is 57.4 Å². The molecular formula is C24H39NO4Si. The number of benzene rings is 1. The van der Waals surface area contributed by atoms with E-state index in [0.717, 1.165) is 44.3 Å². The van der Waals surface area contributed by atoms with Gasteiger partial charge in [-0.15, -0.1) is 0 Å². The van der Waals surface area contributed by atoms with E-state index in [2.05, 4.69) is 25.1 Å². The van der Waals surface area contributed by atoms with Crippen molar-refractivity contribution < 1.29 is 19.4 Å². The molecule has 30 heavy (non-hydrogen) atoms. The number of carbonyl (C=O) groups is 1. The van der Waals surface area contributed by atoms with Crippen molar-refractivity contribution in [2.75, 3.05) is 18.1 Å². The highest BCUT2D eigenvalue weighted by molar-refractivity contribution is 6.71. The van der Waals surface area contributed by atoms with Gasteiger partial charge in [-0.3, -0.25) is 4.79 Å². The summed E-state index contributed by atoms with van der Waals surface area (Å²) in [6, 6.07) is 8.39. The second-order valence-corrected chi connectivity index (χ2v) is 13.7. The smallest absolute Gasteiger partial charge is 0.226 e. The van der Waals surface area contributed by atoms with Gasteiger partial charge < -0.3 is 19.5 Å². The van der Waals surface area contributed by atoms with E-state index >= 15 is 0 Å². The molecule has 0 spiro atoms. The lowest BCUT2D eigenvalue weighted by Gasteiger charge is -2.30. The van der Waals surface area contributed by atoms with Gasteiger partial charge in [-0.2, -0.15) is 0 Å². The first-order valence-corrected chi connectivity index (χ1v) is 14.7. The van der Waals surface area contributed by atoms with Crippen molar-refractivity contribution in [3.05, 3.63) is 29.8 Å². The predicted molar refractivity (Wildman–Crippen MR) is 123 cm³/mol. The first-order valence-electron chi connectivity index (χ1n) is 11.7. The number of hydrogen-bond acceptors (Lipinski definition) is 4. The maximum atomic E-state index is 12.6. The number of nitrogens with zero attached hydrogens (tertiary/aromatic N) is 1. The third kappa shape index (κ3) is 5.72. The van der Waals surface area contributed by atoms with Gasteiger partial charge in [0, 0.05) is 30.8 Å². The molecule has 2 fully saturated rings. The molecule has 1 amide bonds. The Morgan fingerprint density at radius 2 is 1.90 bits per heavy atom. The number of anilines is 1. The van der Waals surface area contributed by atoms with Crippen molar-refractivity contribution >= 4 is 19.9 Å². The summed E-state index contributed by atoms with van der Waals surface area (Å²) in [4.78, 5) is 25.3. The van der Waals surface area contributed by atoms with E-state index in [1.165, 1.54) is 12.0 Å². The number of aliphatic hydroxyl groups is 1. The lowest BCUT2D eigenvalue weighted by molar-refractivity contribution is -0.118. The Kier molecular flexibility index (Phi) is 8.13. The maximum absolute atomic E-state index is 12.6. The number of hydrogen-bond donors (Lipinski definition) is 2. The van der Waals surface area contributed by atoms with Crippen molar-refractivity contribution in [3.63, 3.8) is 0 Å². The Balaban J connectivity index is 1.66. The van der Waals surface area contributed by atoms with Gasteiger partial charge in [-0.1, -0.05) is 31.9 Å². The zero-order valence-corrected chi connectivity index (χ0v) is 19.8. The average Bonchev–Trinajstić information content (AvgIpc) is 2.99. The van der Waals surface area contributed by atoms with Crippen LogP contribution >= 0.6 is 0 Å². The molecule has 6 heteroatoms. The average molecular weight is 434 g/mol. The van der Waals surface area contributed by atoms with Crippen molar-refractivity contribution in [2.45, 2.75) is 89.1 Å². The van der Waals surface area contributed by atoms with Crippen LogP contribution in [-0.2, 0) is 16.0 Å². The highest BCUT2D eigenvalue weighted by Gasteiger charge is 2.49. The van der Waals surface area contributed by atoms with Gasteiger partial charge in [0.25, 0.3) is 0 Å². The second kappa shape index (κ2) is 10.4. The molecule has 168 valence electrons. The monoisotopic (exact) mass is 433 g/mol. The molecular weight excluding hydrogens is 394 g/mol. The fourth-order valence-corrected chi connectivity index (χ4v) is 8.08. The Labute approximate surface area is 182 Å². The third-order valence-electron chi connectivity index (χ3n) is 6.90. The van der Waals surface area contributed by atoms with Gasteiger partial charge in [0.15, 0.2) is 8.32 Å². The maximum Gasteiger partial charge on any atom is 0.226 e. The van der Waals surface area contributed by atoms with Crippen LogP contribution in [0.25, 0.3) is 0 Å². The molecule has 5 nitrogen and oxygen atoms in total. The normalized spacial score (nSPS) is 28.4. The molecule has 4 atom stereocenters. The SMILES string of the molecule is C[C@H]1[C@H]([Si](C)(C)O)[C@@H](CCO)O[C@H]1CCc1cccc(N2CCCCCCC2=O)c1. The van der Waals surface area contributed by atoms with Gasteiger partial charge in [-0.25, -0.2) is 0 Å². The van der Waals surface area contributed by atoms with Crippen LogP contribution in [0, 0.1) is 5.92 Å². The summed E-state index contributed by atoms with van der Waals surface area (Å²) in [5.41, 5.74) is 2.39. The van der Waals surface area contributed by atoms with Gasteiger partial charge in [-0.05, 0) is 68.8 Å². The summed E-state index contributed by atoms with van der Waals surface area (Å²) in [5.74, 6) is 0.525. The third-order valence-corrected chi connectivity index (χ3v) is 9.42. The summed E-state index contributed by atoms with van der Waals surface area (Å²) in [5, 5.41) is 9.43. The first kappa shape index (κ1) is 23.5. The summed E-state index contributed by atoms with van der Waals surface area (Å²) < 4.78 is 6.32. The highest BCUT2D eigenvalue weighted by atomic mass is 28.4. The largest absolute Gasteiger partial charge is 0.432 e. The Hall–Kier alpha value is -1.21. The molecule has 0 saturated carbocycles. The van der Waals surface area contributed by atoms with Gasteiger partial charge >= 0.3 is 0 Å². The summed E-state index contributed by atoms with van der Waals surface area (Å²) in [6.45, 7) is 7.05. The molecule has 1 aromatic rings. The van der Waals surface area contributed by atoms with Crippen molar-refractivity contribution in [2.24, 2.45) is 5.92 Å². The number of aliphatic hydroxyl groups excluding tert-OH is 1. The van der Waals surface area contributed by atoms with Gasteiger partial charge in [0.1, 0.15) is 0 Å². The summed E-state index contributed by atoms with van der Waals surface area (Å²) in [7, 11) is -2.37. The number of amides is 1. The van der Waals surface area contributed by atoms with Crippen LogP contribution in [0.4, 0.5) is 5.69 Å². The van der Waals surface area contributed by atoms with E-state index < -0.39 is 8.32 Å². The van der Waals surface area contributed by atoms with Crippen molar-refractivity contribution in [1.82, 2.24) is 0 Å². The Morgan fingerprint density at radius 1 is 1.13 bits per heavy atom. The lowest BCUT2D eigenvalue weighted by Crippen LogP contribution is -2.40.